The van der Waals surface area contributed by atoms with Crippen molar-refractivity contribution in [3.63, 3.8) is 0 Å². The van der Waals surface area contributed by atoms with Gasteiger partial charge in [-0.25, -0.2) is 4.98 Å². The van der Waals surface area contributed by atoms with Gasteiger partial charge in [0.15, 0.2) is 0 Å². The molecule has 21 heavy (non-hydrogen) atoms. The molecule has 1 heterocycles. The van der Waals surface area contributed by atoms with Crippen LogP contribution in [0.1, 0.15) is 42.5 Å². The Morgan fingerprint density at radius 3 is 2.81 bits per heavy atom. The van der Waals surface area contributed by atoms with Gasteiger partial charge >= 0.3 is 0 Å². The minimum absolute atomic E-state index is 0.0758. The van der Waals surface area contributed by atoms with E-state index >= 15 is 0 Å². The summed E-state index contributed by atoms with van der Waals surface area (Å²) in [6.45, 7) is 0. The Morgan fingerprint density at radius 2 is 2.00 bits per heavy atom. The minimum Gasteiger partial charge on any atom is -0.349 e. The number of carbonyl (C=O) groups is 1. The zero-order valence-electron chi connectivity index (χ0n) is 11.7. The molecule has 3 nitrogen and oxygen atoms in total. The average Bonchev–Trinajstić information content (AvgIpc) is 3.13. The van der Waals surface area contributed by atoms with E-state index in [1.54, 1.807) is 6.07 Å². The van der Waals surface area contributed by atoms with Gasteiger partial charge in [0.1, 0.15) is 5.15 Å². The first-order chi connectivity index (χ1) is 10.1. The van der Waals surface area contributed by atoms with Crippen molar-refractivity contribution in [1.82, 2.24) is 10.3 Å². The third-order valence-electron chi connectivity index (χ3n) is 5.80. The second-order valence-corrected chi connectivity index (χ2v) is 7.50. The molecule has 0 aromatic carbocycles. The van der Waals surface area contributed by atoms with E-state index < -0.39 is 0 Å². The van der Waals surface area contributed by atoms with E-state index in [1.165, 1.54) is 31.9 Å². The second kappa shape index (κ2) is 5.13. The quantitative estimate of drug-likeness (QED) is 0.837. The van der Waals surface area contributed by atoms with E-state index in [9.17, 15) is 4.79 Å². The maximum absolute atomic E-state index is 12.4. The lowest BCUT2D eigenvalue weighted by Crippen LogP contribution is -2.42. The van der Waals surface area contributed by atoms with Crippen molar-refractivity contribution in [2.75, 3.05) is 0 Å². The summed E-state index contributed by atoms with van der Waals surface area (Å²) in [5, 5.41) is 3.77. The number of carbonyl (C=O) groups excluding carboxylic acids is 1. The van der Waals surface area contributed by atoms with Gasteiger partial charge in [0.25, 0.3) is 5.91 Å². The zero-order valence-corrected chi connectivity index (χ0v) is 13.2. The molecular weight excluding hydrogens is 307 g/mol. The highest BCUT2D eigenvalue weighted by molar-refractivity contribution is 6.41. The summed E-state index contributed by atoms with van der Waals surface area (Å²) in [5.74, 6) is 3.23. The van der Waals surface area contributed by atoms with Gasteiger partial charge in [-0.05, 0) is 55.4 Å². The van der Waals surface area contributed by atoms with E-state index in [0.717, 1.165) is 24.2 Å². The van der Waals surface area contributed by atoms with E-state index in [-0.39, 0.29) is 11.1 Å². The van der Waals surface area contributed by atoms with E-state index in [0.29, 0.717) is 22.5 Å². The Hall–Kier alpha value is -0.800. The van der Waals surface area contributed by atoms with Crippen LogP contribution in [0.2, 0.25) is 10.2 Å². The molecule has 5 unspecified atom stereocenters. The lowest BCUT2D eigenvalue weighted by atomic mass is 9.79. The van der Waals surface area contributed by atoms with Gasteiger partial charge in [0.05, 0.1) is 10.6 Å². The first-order valence-electron chi connectivity index (χ1n) is 7.75. The number of halogens is 2. The van der Waals surface area contributed by atoms with Crippen LogP contribution in [0.15, 0.2) is 12.3 Å². The number of hydrogen-bond acceptors (Lipinski definition) is 2. The van der Waals surface area contributed by atoms with Crippen LogP contribution in [0.25, 0.3) is 0 Å². The van der Waals surface area contributed by atoms with Gasteiger partial charge in [-0.1, -0.05) is 29.6 Å². The summed E-state index contributed by atoms with van der Waals surface area (Å²) >= 11 is 11.7. The van der Waals surface area contributed by atoms with Crippen molar-refractivity contribution in [1.29, 1.82) is 0 Å². The molecule has 0 spiro atoms. The fraction of sp³-hybridized carbons (Fsp3) is 0.625. The predicted octanol–water partition coefficient (Wildman–Crippen LogP) is 3.94. The molecule has 3 aliphatic rings. The second-order valence-electron chi connectivity index (χ2n) is 6.73. The lowest BCUT2D eigenvalue weighted by Gasteiger charge is -2.32. The van der Waals surface area contributed by atoms with Gasteiger partial charge in [-0.15, -0.1) is 0 Å². The number of hydrogen-bond donors (Lipinski definition) is 1. The Balaban J connectivity index is 1.47. The largest absolute Gasteiger partial charge is 0.349 e. The van der Waals surface area contributed by atoms with Gasteiger partial charge in [-0.3, -0.25) is 4.79 Å². The summed E-state index contributed by atoms with van der Waals surface area (Å²) in [4.78, 5) is 16.3. The highest BCUT2D eigenvalue weighted by Crippen LogP contribution is 2.58. The van der Waals surface area contributed by atoms with Crippen LogP contribution in [-0.4, -0.2) is 16.9 Å². The molecule has 3 fully saturated rings. The SMILES string of the molecule is O=C(NC1CC2CC1C1CCCC21)c1cnc(Cl)c(Cl)c1. The van der Waals surface area contributed by atoms with Crippen molar-refractivity contribution in [3.05, 3.63) is 28.0 Å². The fourth-order valence-corrected chi connectivity index (χ4v) is 5.30. The number of nitrogens with zero attached hydrogens (tertiary/aromatic N) is 1. The van der Waals surface area contributed by atoms with Crippen LogP contribution >= 0.6 is 23.2 Å². The zero-order chi connectivity index (χ0) is 14.6. The summed E-state index contributed by atoms with van der Waals surface area (Å²) in [6.07, 6.45) is 8.08. The number of nitrogens with one attached hydrogen (secondary N) is 1. The molecule has 2 bridgehead atoms. The van der Waals surface area contributed by atoms with E-state index in [4.69, 9.17) is 23.2 Å². The van der Waals surface area contributed by atoms with E-state index in [2.05, 4.69) is 10.3 Å². The smallest absolute Gasteiger partial charge is 0.253 e. The number of amides is 1. The molecule has 1 aromatic rings. The van der Waals surface area contributed by atoms with Crippen molar-refractivity contribution >= 4 is 29.1 Å². The highest BCUT2D eigenvalue weighted by Gasteiger charge is 2.54. The lowest BCUT2D eigenvalue weighted by molar-refractivity contribution is 0.0900. The Labute approximate surface area is 134 Å². The monoisotopic (exact) mass is 324 g/mol. The molecule has 5 heteroatoms. The molecular formula is C16H18Cl2N2O. The van der Waals surface area contributed by atoms with Gasteiger partial charge < -0.3 is 5.32 Å². The van der Waals surface area contributed by atoms with E-state index in [1.807, 2.05) is 0 Å². The van der Waals surface area contributed by atoms with Crippen LogP contribution in [0.3, 0.4) is 0 Å². The summed E-state index contributed by atoms with van der Waals surface area (Å²) in [7, 11) is 0. The maximum Gasteiger partial charge on any atom is 0.253 e. The van der Waals surface area contributed by atoms with Crippen LogP contribution < -0.4 is 5.32 Å². The molecule has 1 N–H and O–H groups in total. The maximum atomic E-state index is 12.4. The standard InChI is InChI=1S/C16H18Cl2N2O/c17-13-5-9(7-19-15(13)18)16(21)20-14-6-8-4-12(14)11-3-1-2-10(8)11/h5,7-8,10-12,14H,1-4,6H2,(H,20,21). The van der Waals surface area contributed by atoms with Crippen molar-refractivity contribution in [3.8, 4) is 0 Å². The fourth-order valence-electron chi connectivity index (χ4n) is 5.03. The summed E-state index contributed by atoms with van der Waals surface area (Å²) in [5.41, 5.74) is 0.496. The van der Waals surface area contributed by atoms with Crippen LogP contribution in [-0.2, 0) is 0 Å². The molecule has 4 rings (SSSR count). The minimum atomic E-state index is -0.0758. The normalized spacial score (nSPS) is 36.8. The molecule has 1 aromatic heterocycles. The Kier molecular flexibility index (Phi) is 3.38. The van der Waals surface area contributed by atoms with Gasteiger partial charge in [0.2, 0.25) is 0 Å². The average molecular weight is 325 g/mol. The topological polar surface area (TPSA) is 42.0 Å². The van der Waals surface area contributed by atoms with Crippen molar-refractivity contribution in [2.45, 2.75) is 38.1 Å². The number of pyridine rings is 1. The summed E-state index contributed by atoms with van der Waals surface area (Å²) < 4.78 is 0. The first kappa shape index (κ1) is 13.8. The third kappa shape index (κ3) is 2.25. The number of aromatic nitrogens is 1. The van der Waals surface area contributed by atoms with Crippen LogP contribution in [0.5, 0.6) is 0 Å². The number of rotatable bonds is 2. The molecule has 3 saturated carbocycles. The van der Waals surface area contributed by atoms with Crippen LogP contribution in [0, 0.1) is 23.7 Å². The Bertz CT molecular complexity index is 592. The van der Waals surface area contributed by atoms with Gasteiger partial charge in [0, 0.05) is 12.2 Å². The van der Waals surface area contributed by atoms with Gasteiger partial charge in [-0.2, -0.15) is 0 Å². The van der Waals surface area contributed by atoms with Crippen molar-refractivity contribution < 1.29 is 4.79 Å². The molecule has 3 aliphatic carbocycles. The first-order valence-corrected chi connectivity index (χ1v) is 8.51. The van der Waals surface area contributed by atoms with Crippen molar-refractivity contribution in [2.24, 2.45) is 23.7 Å². The molecule has 5 atom stereocenters. The molecule has 0 saturated heterocycles. The van der Waals surface area contributed by atoms with Crippen LogP contribution in [0.4, 0.5) is 0 Å². The third-order valence-corrected chi connectivity index (χ3v) is 6.49. The molecule has 1 amide bonds. The molecule has 112 valence electrons. The predicted molar refractivity (Wildman–Crippen MR) is 82.6 cm³/mol. The number of fused-ring (bicyclic) bond motifs is 5. The highest BCUT2D eigenvalue weighted by atomic mass is 35.5. The molecule has 0 radical (unpaired) electrons. The Morgan fingerprint density at radius 1 is 1.19 bits per heavy atom. The molecule has 0 aliphatic heterocycles. The summed E-state index contributed by atoms with van der Waals surface area (Å²) in [6, 6.07) is 1.92.